The number of carbonyl (C=O) groups is 2. The number of nitrogens with one attached hydrogen (secondary N) is 2. The number of imidazole rings is 1. The van der Waals surface area contributed by atoms with Gasteiger partial charge in [-0.05, 0) is 37.6 Å². The van der Waals surface area contributed by atoms with E-state index in [0.717, 1.165) is 5.56 Å². The third kappa shape index (κ3) is 3.03. The molecule has 1 amide bonds. The minimum atomic E-state index is -0.375. The molecule has 0 atom stereocenters. The molecule has 2 rings (SSSR count). The first-order valence-corrected chi connectivity index (χ1v) is 6.20. The van der Waals surface area contributed by atoms with E-state index in [1.54, 1.807) is 38.2 Å². The van der Waals surface area contributed by atoms with Gasteiger partial charge in [0.25, 0.3) is 5.91 Å². The first kappa shape index (κ1) is 13.8. The Kier molecular flexibility index (Phi) is 4.14. The molecule has 6 heteroatoms. The van der Waals surface area contributed by atoms with E-state index in [1.807, 2.05) is 0 Å². The van der Waals surface area contributed by atoms with E-state index in [-0.39, 0.29) is 17.7 Å². The van der Waals surface area contributed by atoms with Crippen molar-refractivity contribution in [3.05, 3.63) is 47.5 Å². The van der Waals surface area contributed by atoms with Gasteiger partial charge >= 0.3 is 5.97 Å². The largest absolute Gasteiger partial charge is 0.462 e. The predicted molar refractivity (Wildman–Crippen MR) is 73.7 cm³/mol. The minimum absolute atomic E-state index is 0.235. The predicted octanol–water partition coefficient (Wildman–Crippen LogP) is 2.15. The van der Waals surface area contributed by atoms with Crippen LogP contribution in [0.4, 0.5) is 5.69 Å². The van der Waals surface area contributed by atoms with Gasteiger partial charge < -0.3 is 15.0 Å². The molecule has 1 heterocycles. The van der Waals surface area contributed by atoms with Crippen LogP contribution in [0.15, 0.2) is 30.6 Å². The third-order valence-corrected chi connectivity index (χ3v) is 2.70. The van der Waals surface area contributed by atoms with Crippen LogP contribution >= 0.6 is 0 Å². The molecule has 2 N–H and O–H groups in total. The first-order chi connectivity index (χ1) is 9.61. The molecule has 1 aromatic carbocycles. The number of benzene rings is 1. The van der Waals surface area contributed by atoms with Gasteiger partial charge in [-0.1, -0.05) is 0 Å². The maximum Gasteiger partial charge on any atom is 0.338 e. The lowest BCUT2D eigenvalue weighted by atomic mass is 10.1. The van der Waals surface area contributed by atoms with Crippen LogP contribution in [0.1, 0.15) is 33.5 Å². The molecule has 0 radical (unpaired) electrons. The molecule has 0 bridgehead atoms. The van der Waals surface area contributed by atoms with Crippen LogP contribution in [0.2, 0.25) is 0 Å². The Morgan fingerprint density at radius 1 is 1.40 bits per heavy atom. The fourth-order valence-corrected chi connectivity index (χ4v) is 1.72. The quantitative estimate of drug-likeness (QED) is 0.836. The van der Waals surface area contributed by atoms with E-state index in [2.05, 4.69) is 15.3 Å². The highest BCUT2D eigenvalue weighted by molar-refractivity contribution is 6.02. The van der Waals surface area contributed by atoms with Gasteiger partial charge in [-0.2, -0.15) is 0 Å². The molecule has 0 aliphatic carbocycles. The second-order valence-corrected chi connectivity index (χ2v) is 4.14. The summed E-state index contributed by atoms with van der Waals surface area (Å²) < 4.78 is 4.92. The average molecular weight is 273 g/mol. The molecule has 0 spiro atoms. The summed E-state index contributed by atoms with van der Waals surface area (Å²) >= 11 is 0. The molecule has 0 saturated carbocycles. The maximum absolute atomic E-state index is 11.9. The van der Waals surface area contributed by atoms with E-state index in [9.17, 15) is 9.59 Å². The smallest absolute Gasteiger partial charge is 0.338 e. The van der Waals surface area contributed by atoms with E-state index < -0.39 is 0 Å². The van der Waals surface area contributed by atoms with Crippen LogP contribution in [0.5, 0.6) is 0 Å². The van der Waals surface area contributed by atoms with Gasteiger partial charge in [0.05, 0.1) is 12.2 Å². The van der Waals surface area contributed by atoms with Crippen LogP contribution < -0.4 is 5.32 Å². The van der Waals surface area contributed by atoms with Crippen molar-refractivity contribution in [1.29, 1.82) is 0 Å². The van der Waals surface area contributed by atoms with Crippen molar-refractivity contribution in [2.45, 2.75) is 13.8 Å². The lowest BCUT2D eigenvalue weighted by Gasteiger charge is -2.09. The normalized spacial score (nSPS) is 10.1. The van der Waals surface area contributed by atoms with Crippen molar-refractivity contribution in [2.24, 2.45) is 0 Å². The van der Waals surface area contributed by atoms with Gasteiger partial charge in [-0.3, -0.25) is 4.79 Å². The zero-order chi connectivity index (χ0) is 14.5. The number of carbonyl (C=O) groups excluding carboxylic acids is 2. The topological polar surface area (TPSA) is 84.1 Å². The summed E-state index contributed by atoms with van der Waals surface area (Å²) in [6.45, 7) is 3.89. The minimum Gasteiger partial charge on any atom is -0.462 e. The molecule has 0 fully saturated rings. The summed E-state index contributed by atoms with van der Waals surface area (Å²) in [6, 6.07) is 4.96. The number of esters is 1. The van der Waals surface area contributed by atoms with Crippen LogP contribution in [0, 0.1) is 6.92 Å². The van der Waals surface area contributed by atoms with Crippen molar-refractivity contribution >= 4 is 17.6 Å². The number of aromatic nitrogens is 2. The van der Waals surface area contributed by atoms with Gasteiger partial charge in [-0.25, -0.2) is 9.78 Å². The number of aryl methyl sites for hydroxylation is 1. The number of ether oxygens (including phenoxy) is 1. The van der Waals surface area contributed by atoms with Crippen molar-refractivity contribution in [3.63, 3.8) is 0 Å². The van der Waals surface area contributed by atoms with Crippen molar-refractivity contribution in [3.8, 4) is 0 Å². The van der Waals surface area contributed by atoms with Crippen molar-refractivity contribution in [1.82, 2.24) is 9.97 Å². The van der Waals surface area contributed by atoms with Gasteiger partial charge in [0.15, 0.2) is 5.82 Å². The zero-order valence-electron chi connectivity index (χ0n) is 11.3. The van der Waals surface area contributed by atoms with Crippen LogP contribution in [-0.2, 0) is 4.74 Å². The molecular formula is C14H15N3O3. The number of rotatable bonds is 4. The lowest BCUT2D eigenvalue weighted by molar-refractivity contribution is 0.0526. The van der Waals surface area contributed by atoms with Crippen LogP contribution in [-0.4, -0.2) is 28.5 Å². The van der Waals surface area contributed by atoms with Gasteiger partial charge in [-0.15, -0.1) is 0 Å². The molecule has 20 heavy (non-hydrogen) atoms. The summed E-state index contributed by atoms with van der Waals surface area (Å²) in [5.74, 6) is -0.472. The highest BCUT2D eigenvalue weighted by Gasteiger charge is 2.12. The van der Waals surface area contributed by atoms with E-state index in [4.69, 9.17) is 4.74 Å². The number of hydrogen-bond donors (Lipinski definition) is 2. The molecule has 6 nitrogen and oxygen atoms in total. The second-order valence-electron chi connectivity index (χ2n) is 4.14. The van der Waals surface area contributed by atoms with E-state index in [0.29, 0.717) is 17.9 Å². The molecule has 2 aromatic rings. The molecule has 0 unspecified atom stereocenters. The number of aromatic amines is 1. The Bertz CT molecular complexity index is 621. The number of amides is 1. The van der Waals surface area contributed by atoms with E-state index in [1.165, 1.54) is 6.20 Å². The molecular weight excluding hydrogens is 258 g/mol. The Hall–Kier alpha value is -2.63. The van der Waals surface area contributed by atoms with Crippen LogP contribution in [0.3, 0.4) is 0 Å². The van der Waals surface area contributed by atoms with Crippen molar-refractivity contribution in [2.75, 3.05) is 11.9 Å². The lowest BCUT2D eigenvalue weighted by Crippen LogP contribution is -2.15. The van der Waals surface area contributed by atoms with E-state index >= 15 is 0 Å². The Morgan fingerprint density at radius 2 is 2.20 bits per heavy atom. The average Bonchev–Trinajstić information content (AvgIpc) is 2.95. The Morgan fingerprint density at radius 3 is 2.80 bits per heavy atom. The summed E-state index contributed by atoms with van der Waals surface area (Å²) in [4.78, 5) is 30.0. The molecule has 1 aromatic heterocycles. The molecule has 0 aliphatic heterocycles. The van der Waals surface area contributed by atoms with Crippen molar-refractivity contribution < 1.29 is 14.3 Å². The van der Waals surface area contributed by atoms with Crippen LogP contribution in [0.25, 0.3) is 0 Å². The SMILES string of the molecule is CCOC(=O)c1ccc(NC(=O)c2ncc[nH]2)c(C)c1. The number of anilines is 1. The zero-order valence-corrected chi connectivity index (χ0v) is 11.3. The first-order valence-electron chi connectivity index (χ1n) is 6.20. The summed E-state index contributed by atoms with van der Waals surface area (Å²) in [5, 5.41) is 2.73. The number of hydrogen-bond acceptors (Lipinski definition) is 4. The molecule has 104 valence electrons. The fourth-order valence-electron chi connectivity index (χ4n) is 1.72. The highest BCUT2D eigenvalue weighted by Crippen LogP contribution is 2.17. The second kappa shape index (κ2) is 6.01. The standard InChI is InChI=1S/C14H15N3O3/c1-3-20-14(19)10-4-5-11(9(2)8-10)17-13(18)12-15-6-7-16-12/h4-8H,3H2,1-2H3,(H,15,16)(H,17,18). The Labute approximate surface area is 116 Å². The molecule has 0 saturated heterocycles. The number of nitrogens with zero attached hydrogens (tertiary/aromatic N) is 1. The number of H-pyrrole nitrogens is 1. The third-order valence-electron chi connectivity index (χ3n) is 2.70. The highest BCUT2D eigenvalue weighted by atomic mass is 16.5. The summed E-state index contributed by atoms with van der Waals surface area (Å²) in [6.07, 6.45) is 3.08. The summed E-state index contributed by atoms with van der Waals surface area (Å²) in [7, 11) is 0. The van der Waals surface area contributed by atoms with Gasteiger partial charge in [0.2, 0.25) is 0 Å². The molecule has 0 aliphatic rings. The summed E-state index contributed by atoms with van der Waals surface area (Å²) in [5.41, 5.74) is 1.86. The van der Waals surface area contributed by atoms with Gasteiger partial charge in [0.1, 0.15) is 0 Å². The van der Waals surface area contributed by atoms with Gasteiger partial charge in [0, 0.05) is 18.1 Å². The Balaban J connectivity index is 2.14. The maximum atomic E-state index is 11.9. The monoisotopic (exact) mass is 273 g/mol. The fraction of sp³-hybridized carbons (Fsp3) is 0.214.